The van der Waals surface area contributed by atoms with Crippen LogP contribution in [0.5, 0.6) is 0 Å². The Morgan fingerprint density at radius 1 is 0.567 bits per heavy atom. The first-order valence-electron chi connectivity index (χ1n) is 29.1. The molecule has 0 bridgehead atoms. The molecule has 0 fully saturated rings. The van der Waals surface area contributed by atoms with Crippen molar-refractivity contribution in [3.63, 3.8) is 0 Å². The minimum absolute atomic E-state index is 0.0116. The number of hydrazine groups is 1. The van der Waals surface area contributed by atoms with E-state index in [1.807, 2.05) is 63.2 Å². The molecule has 6 N–H and O–H groups in total. The molecule has 0 aliphatic carbocycles. The van der Waals surface area contributed by atoms with Crippen LogP contribution in [0.25, 0.3) is 44.1 Å². The second-order valence-electron chi connectivity index (χ2n) is 23.5. The molecule has 0 spiro atoms. The summed E-state index contributed by atoms with van der Waals surface area (Å²) in [5.74, 6) is -10.4. The van der Waals surface area contributed by atoms with Crippen LogP contribution in [0.15, 0.2) is 180 Å². The van der Waals surface area contributed by atoms with E-state index in [2.05, 4.69) is 60.8 Å². The first-order chi connectivity index (χ1) is 44.9. The van der Waals surface area contributed by atoms with Gasteiger partial charge in [-0.2, -0.15) is 50.6 Å². The Morgan fingerprint density at radius 3 is 1.35 bits per heavy atom. The third kappa shape index (κ3) is 22.2. The van der Waals surface area contributed by atoms with Gasteiger partial charge in [0.2, 0.25) is 5.78 Å². The minimum atomic E-state index is -4.06. The maximum absolute atomic E-state index is 14.1. The molecule has 0 saturated heterocycles. The fourth-order valence-electron chi connectivity index (χ4n) is 8.36. The van der Waals surface area contributed by atoms with Crippen molar-refractivity contribution in [1.29, 1.82) is 5.26 Å². The summed E-state index contributed by atoms with van der Waals surface area (Å²) in [6.07, 6.45) is 4.34. The number of fused-ring (bicyclic) bond motifs is 3. The van der Waals surface area contributed by atoms with E-state index in [1.165, 1.54) is 52.7 Å². The molecule has 5 heterocycles. The van der Waals surface area contributed by atoms with Crippen molar-refractivity contribution >= 4 is 91.5 Å². The number of nitrogen functional groups attached to an aromatic ring is 2. The number of pyridine rings is 3. The predicted molar refractivity (Wildman–Crippen MR) is 358 cm³/mol. The van der Waals surface area contributed by atoms with Crippen molar-refractivity contribution in [3.8, 4) is 17.4 Å². The third-order valence-electron chi connectivity index (χ3n) is 13.5. The molecular formula is C67H71ClF8N12O7S2. The zero-order valence-corrected chi connectivity index (χ0v) is 56.8. The molecule has 0 aliphatic rings. The number of ketones is 1. The molecule has 516 valence electrons. The van der Waals surface area contributed by atoms with Crippen LogP contribution in [-0.2, 0) is 56.1 Å². The van der Waals surface area contributed by atoms with Crippen molar-refractivity contribution in [2.45, 2.75) is 127 Å². The lowest BCUT2D eigenvalue weighted by Gasteiger charge is -2.19. The van der Waals surface area contributed by atoms with Crippen LogP contribution < -0.4 is 21.7 Å². The Labute approximate surface area is 560 Å². The summed E-state index contributed by atoms with van der Waals surface area (Å²) < 4.78 is 159. The van der Waals surface area contributed by atoms with Gasteiger partial charge in [0.05, 0.1) is 56.1 Å². The van der Waals surface area contributed by atoms with Crippen molar-refractivity contribution in [1.82, 2.24) is 34.5 Å². The summed E-state index contributed by atoms with van der Waals surface area (Å²) >= 11 is 0. The van der Waals surface area contributed by atoms with Crippen LogP contribution in [-0.4, -0.2) is 81.6 Å². The van der Waals surface area contributed by atoms with E-state index in [0.717, 1.165) is 51.6 Å². The number of hydrogen-bond acceptors (Lipinski definition) is 16. The van der Waals surface area contributed by atoms with Gasteiger partial charge in [0.1, 0.15) is 29.4 Å². The summed E-state index contributed by atoms with van der Waals surface area (Å²) in [6.45, 7) is 16.2. The number of carbonyl (C=O) groups is 2. The van der Waals surface area contributed by atoms with Crippen LogP contribution in [0.1, 0.15) is 105 Å². The molecule has 0 atom stereocenters. The van der Waals surface area contributed by atoms with Gasteiger partial charge in [-0.1, -0.05) is 84.0 Å². The zero-order valence-electron chi connectivity index (χ0n) is 54.4. The first kappa shape index (κ1) is 78.1. The van der Waals surface area contributed by atoms with E-state index >= 15 is 0 Å². The molecule has 10 aromatic rings. The van der Waals surface area contributed by atoms with Gasteiger partial charge in [-0.25, -0.2) is 31.0 Å². The number of rotatable bonds is 13. The van der Waals surface area contributed by atoms with E-state index in [9.17, 15) is 61.5 Å². The number of anilines is 3. The monoisotopic (exact) mass is 1410 g/mol. The zero-order chi connectivity index (χ0) is 72.7. The third-order valence-corrected chi connectivity index (χ3v) is 16.2. The van der Waals surface area contributed by atoms with Gasteiger partial charge in [-0.3, -0.25) is 30.3 Å². The Kier molecular flexibility index (Phi) is 25.7. The number of sulfonamides is 1. The lowest BCUT2D eigenvalue weighted by atomic mass is 9.87. The second-order valence-corrected chi connectivity index (χ2v) is 27.8. The largest absolute Gasteiger partial charge is 0.462 e. The van der Waals surface area contributed by atoms with Gasteiger partial charge in [-0.15, -0.1) is 0 Å². The Bertz CT molecular complexity index is 4600. The van der Waals surface area contributed by atoms with Crippen LogP contribution in [0.2, 0.25) is 0 Å². The number of alkyl halides is 8. The number of esters is 1. The average molecular weight is 1410 g/mol. The quantitative estimate of drug-likeness (QED) is 0.0274. The van der Waals surface area contributed by atoms with E-state index in [1.54, 1.807) is 91.4 Å². The smallest absolute Gasteiger partial charge is 0.376 e. The number of benzene rings is 5. The van der Waals surface area contributed by atoms with E-state index < -0.39 is 66.6 Å². The summed E-state index contributed by atoms with van der Waals surface area (Å²) in [6, 6.07) is 44.0. The molecule has 0 amide bonds. The molecule has 5 aromatic heterocycles. The fourth-order valence-corrected chi connectivity index (χ4v) is 10.2. The Balaban J connectivity index is 0.000000228. The van der Waals surface area contributed by atoms with Crippen LogP contribution in [0.3, 0.4) is 0 Å². The molecule has 5 aromatic carbocycles. The molecule has 0 aliphatic heterocycles. The van der Waals surface area contributed by atoms with E-state index in [4.69, 9.17) is 27.5 Å². The number of halogens is 9. The van der Waals surface area contributed by atoms with Gasteiger partial charge in [0, 0.05) is 85.3 Å². The minimum Gasteiger partial charge on any atom is -0.462 e. The Hall–Kier alpha value is -9.63. The normalized spacial score (nSPS) is 11.9. The maximum atomic E-state index is 14.1. The highest BCUT2D eigenvalue weighted by Crippen LogP contribution is 2.34. The molecule has 30 heteroatoms. The topological polar surface area (TPSA) is 286 Å². The summed E-state index contributed by atoms with van der Waals surface area (Å²) in [4.78, 5) is 33.0. The molecule has 97 heavy (non-hydrogen) atoms. The van der Waals surface area contributed by atoms with Crippen molar-refractivity contribution < 1.29 is 66.3 Å². The number of ether oxygens (including phenoxy) is 1. The first-order valence-corrected chi connectivity index (χ1v) is 32.9. The van der Waals surface area contributed by atoms with Gasteiger partial charge in [0.15, 0.2) is 0 Å². The average Bonchev–Trinajstić information content (AvgIpc) is 1.73. The molecule has 0 unspecified atom stereocenters. The number of aromatic nitrogens is 7. The van der Waals surface area contributed by atoms with E-state index in [0.29, 0.717) is 43.0 Å². The van der Waals surface area contributed by atoms with Crippen LogP contribution in [0.4, 0.5) is 52.4 Å². The molecule has 19 nitrogen and oxygen atoms in total. The number of nitrogens with two attached hydrogens (primary N) is 2. The van der Waals surface area contributed by atoms with Gasteiger partial charge in [0.25, 0.3) is 30.9 Å². The van der Waals surface area contributed by atoms with Gasteiger partial charge in [-0.05, 0) is 126 Å². The fraction of sp³-hybridized carbons (Fsp3) is 0.284. The van der Waals surface area contributed by atoms with Crippen molar-refractivity contribution in [2.24, 2.45) is 5.84 Å². The predicted octanol–water partition coefficient (Wildman–Crippen LogP) is 15.5. The highest BCUT2D eigenvalue weighted by atomic mass is 35.7. The van der Waals surface area contributed by atoms with Crippen LogP contribution >= 0.6 is 10.7 Å². The van der Waals surface area contributed by atoms with Gasteiger partial charge >= 0.3 is 17.8 Å². The summed E-state index contributed by atoms with van der Waals surface area (Å²) in [5.41, 5.74) is 13.8. The number of nitrogens with zero attached hydrogens (tertiary/aromatic N) is 8. The number of nitriles is 1. The SMILES string of the molecule is CC(C)(C)c1ccc(S(=O)(=O)Cl)cc1.CC(C)(C)c1ccc(S(=O)(=O)Nc2cc(C(C)(F)F)nn2-c2cccc3ncccc23)cc1.CC(F)(F)C(=O)CC#N.CC(F)(F)c1cc(N)n(-c2cccc3ncccc23)n1.CCOC(=O)C(C)(F)F.NNc1cccc2ncccc12. The van der Waals surface area contributed by atoms with Crippen molar-refractivity contribution in [2.75, 3.05) is 22.5 Å². The molecule has 0 radical (unpaired) electrons. The lowest BCUT2D eigenvalue weighted by molar-refractivity contribution is -0.168. The van der Waals surface area contributed by atoms with Crippen molar-refractivity contribution in [3.05, 3.63) is 193 Å². The number of hydrogen-bond donors (Lipinski definition) is 4. The Morgan fingerprint density at radius 2 is 0.979 bits per heavy atom. The summed E-state index contributed by atoms with van der Waals surface area (Å²) in [7, 11) is -2.46. The standard InChI is InChI=1S/C24H24F2N4O2S.C14H12F2N4.C10H13ClO2S.C9H9N3.C5H5F2NO.C5H8F2O2/c1-23(2,3)16-10-12-17(13-11-16)33(31,32)29-22-15-21(24(4,25)26)28-30(22)20-9-5-8-19-18(20)7-6-14-27-19;1-14(15,16)12-8-13(17)20(19-12)11-6-2-5-10-9(11)4-3-7-18-10;1-10(2,3)8-4-6-9(7-5-8)14(11,12)13;10-12-9-5-1-4-8-7(9)3-2-6-11-8;1-5(6,7)4(9)2-3-8;1-3-9-4(8)5(2,6)7/h5-15,29H,1-4H3;2-8H,17H2,1H3;4-7H,1-3H3;1-6,12H,10H2;2H2,1H3;3H2,1-2H3. The number of carbonyl (C=O) groups excluding carboxylic acids is 2. The number of nitrogens with one attached hydrogen (secondary N) is 2. The number of Topliss-reactive ketones (excluding diaryl/α,β-unsaturated/α-hetero) is 1. The molecule has 0 saturated carbocycles. The van der Waals surface area contributed by atoms with E-state index in [-0.39, 0.29) is 44.6 Å². The molecule has 10 rings (SSSR count). The van der Waals surface area contributed by atoms with Gasteiger partial charge < -0.3 is 15.9 Å². The second kappa shape index (κ2) is 31.9. The highest BCUT2D eigenvalue weighted by Gasteiger charge is 2.35. The molecular weight excluding hydrogens is 1340 g/mol. The highest BCUT2D eigenvalue weighted by molar-refractivity contribution is 8.13. The summed E-state index contributed by atoms with van der Waals surface area (Å²) in [5, 5.41) is 18.2. The maximum Gasteiger partial charge on any atom is 0.376 e. The lowest BCUT2D eigenvalue weighted by Crippen LogP contribution is -2.26. The van der Waals surface area contributed by atoms with Crippen LogP contribution in [0, 0.1) is 11.3 Å².